The number of halogens is 2. The summed E-state index contributed by atoms with van der Waals surface area (Å²) in [6, 6.07) is 5.82. The minimum absolute atomic E-state index is 0.0925. The van der Waals surface area contributed by atoms with E-state index in [1.807, 2.05) is 6.07 Å². The highest BCUT2D eigenvalue weighted by Gasteiger charge is 2.15. The Labute approximate surface area is 120 Å². The van der Waals surface area contributed by atoms with Crippen LogP contribution in [0.5, 0.6) is 0 Å². The lowest BCUT2D eigenvalue weighted by Gasteiger charge is -2.07. The zero-order chi connectivity index (χ0) is 14.0. The summed E-state index contributed by atoms with van der Waals surface area (Å²) >= 11 is 4.46. The van der Waals surface area contributed by atoms with E-state index in [4.69, 9.17) is 5.26 Å². The maximum Gasteiger partial charge on any atom is 0.270 e. The largest absolute Gasteiger partial charge is 0.300 e. The van der Waals surface area contributed by atoms with E-state index in [1.54, 1.807) is 6.26 Å². The molecule has 0 bridgehead atoms. The Morgan fingerprint density at radius 1 is 1.53 bits per heavy atom. The number of hydrogen-bond acceptors (Lipinski definition) is 4. The van der Waals surface area contributed by atoms with Gasteiger partial charge in [0.1, 0.15) is 17.4 Å². The highest BCUT2D eigenvalue weighted by Crippen LogP contribution is 2.29. The second-order valence-electron chi connectivity index (χ2n) is 3.53. The van der Waals surface area contributed by atoms with E-state index in [0.29, 0.717) is 15.2 Å². The van der Waals surface area contributed by atoms with E-state index in [2.05, 4.69) is 25.9 Å². The predicted octanol–water partition coefficient (Wildman–Crippen LogP) is 2.93. The minimum Gasteiger partial charge on any atom is -0.300 e. The number of aromatic nitrogens is 2. The molecule has 1 N–H and O–H groups in total. The van der Waals surface area contributed by atoms with Gasteiger partial charge in [0.15, 0.2) is 5.16 Å². The Balaban J connectivity index is 2.77. The first-order chi connectivity index (χ1) is 9.06. The molecular formula is C12H7BrFN3OS. The number of aromatic amines is 1. The van der Waals surface area contributed by atoms with Crippen LogP contribution in [-0.4, -0.2) is 16.2 Å². The topological polar surface area (TPSA) is 69.5 Å². The fraction of sp³-hybridized carbons (Fsp3) is 0.0833. The highest BCUT2D eigenvalue weighted by molar-refractivity contribution is 9.10. The number of nitrogens with zero attached hydrogens (tertiary/aromatic N) is 2. The summed E-state index contributed by atoms with van der Waals surface area (Å²) in [5.41, 5.74) is 0.139. The van der Waals surface area contributed by atoms with Gasteiger partial charge < -0.3 is 4.98 Å². The molecule has 4 nitrogen and oxygen atoms in total. The number of benzene rings is 1. The smallest absolute Gasteiger partial charge is 0.270 e. The zero-order valence-electron chi connectivity index (χ0n) is 9.70. The molecule has 0 aliphatic rings. The Hall–Kier alpha value is -1.65. The zero-order valence-corrected chi connectivity index (χ0v) is 12.1. The summed E-state index contributed by atoms with van der Waals surface area (Å²) in [4.78, 5) is 18.5. The van der Waals surface area contributed by atoms with Crippen molar-refractivity contribution in [2.75, 3.05) is 6.26 Å². The standard InChI is InChI=1S/C12H7BrFN3OS/c1-19-12-16-10(8(5-15)11(18)17-12)7-3-2-6(14)4-9(7)13/h2-4H,1H3,(H,16,17,18). The van der Waals surface area contributed by atoms with Gasteiger partial charge in [-0.15, -0.1) is 0 Å². The molecule has 0 spiro atoms. The number of H-pyrrole nitrogens is 1. The van der Waals surface area contributed by atoms with Crippen molar-refractivity contribution in [3.63, 3.8) is 0 Å². The molecule has 0 aliphatic heterocycles. The molecule has 0 fully saturated rings. The molecule has 7 heteroatoms. The Bertz CT molecular complexity index is 739. The fourth-order valence-electron chi connectivity index (χ4n) is 1.53. The minimum atomic E-state index is -0.506. The van der Waals surface area contributed by atoms with Crippen LogP contribution in [0.15, 0.2) is 32.6 Å². The molecule has 0 saturated heterocycles. The monoisotopic (exact) mass is 339 g/mol. The lowest BCUT2D eigenvalue weighted by molar-refractivity contribution is 0.627. The molecule has 0 amide bonds. The van der Waals surface area contributed by atoms with Gasteiger partial charge >= 0.3 is 0 Å². The van der Waals surface area contributed by atoms with Crippen molar-refractivity contribution in [3.8, 4) is 17.3 Å². The molecule has 0 atom stereocenters. The SMILES string of the molecule is CSc1nc(-c2ccc(F)cc2Br)c(C#N)c(=O)[nH]1. The Morgan fingerprint density at radius 2 is 2.26 bits per heavy atom. The van der Waals surface area contributed by atoms with Crippen LogP contribution in [-0.2, 0) is 0 Å². The Kier molecular flexibility index (Phi) is 4.02. The summed E-state index contributed by atoms with van der Waals surface area (Å²) in [7, 11) is 0. The average molecular weight is 340 g/mol. The molecule has 0 radical (unpaired) electrons. The molecule has 2 rings (SSSR count). The third-order valence-corrected chi connectivity index (χ3v) is 3.63. The summed E-state index contributed by atoms with van der Waals surface area (Å²) < 4.78 is 13.5. The number of hydrogen-bond donors (Lipinski definition) is 1. The van der Waals surface area contributed by atoms with Crippen LogP contribution in [0.2, 0.25) is 0 Å². The molecule has 0 saturated carbocycles. The van der Waals surface area contributed by atoms with Crippen molar-refractivity contribution < 1.29 is 4.39 Å². The van der Waals surface area contributed by atoms with Crippen molar-refractivity contribution in [2.45, 2.75) is 5.16 Å². The van der Waals surface area contributed by atoms with Crippen molar-refractivity contribution >= 4 is 27.7 Å². The average Bonchev–Trinajstić information content (AvgIpc) is 2.37. The van der Waals surface area contributed by atoms with Crippen molar-refractivity contribution in [3.05, 3.63) is 44.4 Å². The van der Waals surface area contributed by atoms with Gasteiger partial charge in [0.05, 0.1) is 5.69 Å². The van der Waals surface area contributed by atoms with Gasteiger partial charge in [-0.2, -0.15) is 5.26 Å². The third-order valence-electron chi connectivity index (χ3n) is 2.39. The van der Waals surface area contributed by atoms with Crippen LogP contribution in [0.4, 0.5) is 4.39 Å². The van der Waals surface area contributed by atoms with Crippen LogP contribution in [0.3, 0.4) is 0 Å². The third kappa shape index (κ3) is 2.69. The van der Waals surface area contributed by atoms with Gasteiger partial charge in [0.2, 0.25) is 0 Å². The molecule has 0 unspecified atom stereocenters. The summed E-state index contributed by atoms with van der Waals surface area (Å²) in [6.07, 6.45) is 1.76. The molecular weight excluding hydrogens is 333 g/mol. The predicted molar refractivity (Wildman–Crippen MR) is 74.4 cm³/mol. The van der Waals surface area contributed by atoms with Gasteiger partial charge in [0, 0.05) is 10.0 Å². The molecule has 19 heavy (non-hydrogen) atoms. The quantitative estimate of drug-likeness (QED) is 0.674. The molecule has 1 heterocycles. The van der Waals surface area contributed by atoms with Crippen LogP contribution in [0.1, 0.15) is 5.56 Å². The highest BCUT2D eigenvalue weighted by atomic mass is 79.9. The van der Waals surface area contributed by atoms with E-state index in [9.17, 15) is 9.18 Å². The second kappa shape index (κ2) is 5.55. The summed E-state index contributed by atoms with van der Waals surface area (Å²) in [6.45, 7) is 0. The van der Waals surface area contributed by atoms with Crippen LogP contribution in [0.25, 0.3) is 11.3 Å². The van der Waals surface area contributed by atoms with E-state index in [0.717, 1.165) is 0 Å². The molecule has 1 aromatic heterocycles. The molecule has 1 aromatic carbocycles. The van der Waals surface area contributed by atoms with Crippen LogP contribution < -0.4 is 5.56 Å². The van der Waals surface area contributed by atoms with E-state index in [-0.39, 0.29) is 11.3 Å². The summed E-state index contributed by atoms with van der Waals surface area (Å²) in [5, 5.41) is 9.46. The van der Waals surface area contributed by atoms with E-state index in [1.165, 1.54) is 30.0 Å². The fourth-order valence-corrected chi connectivity index (χ4v) is 2.45. The maximum absolute atomic E-state index is 13.1. The van der Waals surface area contributed by atoms with E-state index >= 15 is 0 Å². The first kappa shape index (κ1) is 13.8. The Morgan fingerprint density at radius 3 is 2.84 bits per heavy atom. The van der Waals surface area contributed by atoms with Crippen molar-refractivity contribution in [1.82, 2.24) is 9.97 Å². The van der Waals surface area contributed by atoms with Crippen molar-refractivity contribution in [2.24, 2.45) is 0 Å². The van der Waals surface area contributed by atoms with Gasteiger partial charge in [-0.1, -0.05) is 11.8 Å². The first-order valence-electron chi connectivity index (χ1n) is 5.10. The van der Waals surface area contributed by atoms with Gasteiger partial charge in [0.25, 0.3) is 5.56 Å². The second-order valence-corrected chi connectivity index (χ2v) is 5.18. The maximum atomic E-state index is 13.1. The van der Waals surface area contributed by atoms with Gasteiger partial charge in [-0.05, 0) is 40.4 Å². The normalized spacial score (nSPS) is 10.2. The van der Waals surface area contributed by atoms with Gasteiger partial charge in [-0.25, -0.2) is 9.37 Å². The summed E-state index contributed by atoms with van der Waals surface area (Å²) in [5.74, 6) is -0.413. The van der Waals surface area contributed by atoms with Crippen LogP contribution >= 0.6 is 27.7 Å². The number of nitrogens with one attached hydrogen (secondary N) is 1. The number of rotatable bonds is 2. The molecule has 2 aromatic rings. The first-order valence-corrected chi connectivity index (χ1v) is 7.12. The van der Waals surface area contributed by atoms with Crippen molar-refractivity contribution in [1.29, 1.82) is 5.26 Å². The molecule has 96 valence electrons. The van der Waals surface area contributed by atoms with E-state index < -0.39 is 11.4 Å². The lowest BCUT2D eigenvalue weighted by Crippen LogP contribution is -2.14. The number of nitriles is 1. The lowest BCUT2D eigenvalue weighted by atomic mass is 10.1. The number of thioether (sulfide) groups is 1. The van der Waals surface area contributed by atoms with Crippen LogP contribution in [0, 0.1) is 17.1 Å². The van der Waals surface area contributed by atoms with Gasteiger partial charge in [-0.3, -0.25) is 4.79 Å². The molecule has 0 aliphatic carbocycles.